The average Bonchev–Trinajstić information content (AvgIpc) is 2.65. The van der Waals surface area contributed by atoms with E-state index in [1.54, 1.807) is 6.20 Å². The number of aromatic nitrogens is 1. The van der Waals surface area contributed by atoms with Crippen molar-refractivity contribution in [2.75, 3.05) is 6.61 Å². The molecule has 2 rings (SSSR count). The number of hydrogen-bond donors (Lipinski definition) is 0. The Morgan fingerprint density at radius 1 is 1.59 bits per heavy atom. The van der Waals surface area contributed by atoms with E-state index in [9.17, 15) is 9.59 Å². The molecule has 0 N–H and O–H groups in total. The number of hydrogen-bond acceptors (Lipinski definition) is 4. The largest absolute Gasteiger partial charge is 0.465 e. The number of carbonyl (C=O) groups is 2. The smallest absolute Gasteiger partial charge is 0.320 e. The summed E-state index contributed by atoms with van der Waals surface area (Å²) >= 11 is 0. The van der Waals surface area contributed by atoms with Crippen molar-refractivity contribution in [3.63, 3.8) is 0 Å². The van der Waals surface area contributed by atoms with Gasteiger partial charge in [0.2, 0.25) is 0 Å². The predicted octanol–water partition coefficient (Wildman–Crippen LogP) is 1.45. The minimum Gasteiger partial charge on any atom is -0.465 e. The van der Waals surface area contributed by atoms with Crippen molar-refractivity contribution >= 4 is 11.8 Å². The van der Waals surface area contributed by atoms with Gasteiger partial charge < -0.3 is 4.74 Å². The third kappa shape index (κ3) is 1.95. The van der Waals surface area contributed by atoms with Gasteiger partial charge >= 0.3 is 5.97 Å². The number of esters is 1. The molecule has 90 valence electrons. The van der Waals surface area contributed by atoms with Crippen molar-refractivity contribution in [3.05, 3.63) is 29.6 Å². The molecule has 0 aliphatic carbocycles. The molecule has 0 amide bonds. The first-order chi connectivity index (χ1) is 8.06. The zero-order chi connectivity index (χ0) is 12.5. The molecule has 1 aromatic heterocycles. The monoisotopic (exact) mass is 233 g/mol. The molecular formula is C13H15NO3. The third-order valence-electron chi connectivity index (χ3n) is 3.41. The van der Waals surface area contributed by atoms with Crippen LogP contribution in [0.2, 0.25) is 0 Å². The second kappa shape index (κ2) is 4.28. The van der Waals surface area contributed by atoms with E-state index in [1.807, 2.05) is 19.1 Å². The Morgan fingerprint density at radius 3 is 2.88 bits per heavy atom. The first-order valence-electron chi connectivity index (χ1n) is 5.65. The van der Waals surface area contributed by atoms with Gasteiger partial charge in [0.1, 0.15) is 11.2 Å². The molecule has 1 unspecified atom stereocenters. The van der Waals surface area contributed by atoms with Gasteiger partial charge in [-0.25, -0.2) is 0 Å². The Morgan fingerprint density at radius 2 is 2.35 bits per heavy atom. The minimum atomic E-state index is -1.01. The highest BCUT2D eigenvalue weighted by molar-refractivity contribution is 6.04. The number of rotatable bonds is 3. The summed E-state index contributed by atoms with van der Waals surface area (Å²) in [6.07, 6.45) is 2.47. The molecule has 1 atom stereocenters. The van der Waals surface area contributed by atoms with Gasteiger partial charge in [0.15, 0.2) is 0 Å². The Labute approximate surface area is 100 Å². The van der Waals surface area contributed by atoms with Gasteiger partial charge in [-0.15, -0.1) is 0 Å². The molecule has 1 fully saturated rings. The molecule has 17 heavy (non-hydrogen) atoms. The number of Topliss-reactive ketones (excluding diaryl/α,β-unsaturated/α-hetero) is 1. The Kier molecular flexibility index (Phi) is 2.96. The van der Waals surface area contributed by atoms with Crippen LogP contribution in [0.15, 0.2) is 18.3 Å². The number of ether oxygens (including phenoxy) is 1. The highest BCUT2D eigenvalue weighted by Crippen LogP contribution is 2.35. The topological polar surface area (TPSA) is 56.3 Å². The fourth-order valence-electron chi connectivity index (χ4n) is 2.15. The van der Waals surface area contributed by atoms with Gasteiger partial charge in [-0.1, -0.05) is 6.07 Å². The lowest BCUT2D eigenvalue weighted by atomic mass is 9.77. The number of aryl methyl sites for hydroxylation is 1. The molecule has 1 aromatic rings. The van der Waals surface area contributed by atoms with Crippen molar-refractivity contribution in [1.29, 1.82) is 0 Å². The van der Waals surface area contributed by atoms with Crippen LogP contribution < -0.4 is 0 Å². The number of cyclic esters (lactones) is 1. The molecule has 0 aromatic carbocycles. The zero-order valence-electron chi connectivity index (χ0n) is 10.0. The molecule has 0 saturated carbocycles. The molecular weight excluding hydrogens is 218 g/mol. The molecule has 1 saturated heterocycles. The molecule has 0 bridgehead atoms. The first kappa shape index (κ1) is 11.8. The molecule has 0 spiro atoms. The van der Waals surface area contributed by atoms with Crippen molar-refractivity contribution in [3.8, 4) is 0 Å². The SMILES string of the molecule is CC(=O)C1(Cc2ncccc2C)CCOC1=O. The van der Waals surface area contributed by atoms with E-state index in [4.69, 9.17) is 4.74 Å². The standard InChI is InChI=1S/C13H15NO3/c1-9-4-3-6-14-11(9)8-13(10(2)15)5-7-17-12(13)16/h3-4,6H,5,7-8H2,1-2H3. The summed E-state index contributed by atoms with van der Waals surface area (Å²) in [4.78, 5) is 27.8. The summed E-state index contributed by atoms with van der Waals surface area (Å²) in [6, 6.07) is 3.77. The fraction of sp³-hybridized carbons (Fsp3) is 0.462. The number of nitrogens with zero attached hydrogens (tertiary/aromatic N) is 1. The van der Waals surface area contributed by atoms with E-state index in [0.717, 1.165) is 11.3 Å². The zero-order valence-corrected chi connectivity index (χ0v) is 10.0. The van der Waals surface area contributed by atoms with E-state index in [0.29, 0.717) is 19.4 Å². The second-order valence-corrected chi connectivity index (χ2v) is 4.47. The van der Waals surface area contributed by atoms with Gasteiger partial charge in [-0.2, -0.15) is 0 Å². The average molecular weight is 233 g/mol. The predicted molar refractivity (Wildman–Crippen MR) is 61.4 cm³/mol. The number of ketones is 1. The van der Waals surface area contributed by atoms with Crippen LogP contribution in [0.5, 0.6) is 0 Å². The quantitative estimate of drug-likeness (QED) is 0.585. The summed E-state index contributed by atoms with van der Waals surface area (Å²) in [6.45, 7) is 3.70. The van der Waals surface area contributed by atoms with E-state index in [1.165, 1.54) is 6.92 Å². The van der Waals surface area contributed by atoms with E-state index in [2.05, 4.69) is 4.98 Å². The van der Waals surface area contributed by atoms with Crippen molar-refractivity contribution in [1.82, 2.24) is 4.98 Å². The maximum absolute atomic E-state index is 11.8. The number of pyridine rings is 1. The molecule has 4 heteroatoms. The first-order valence-corrected chi connectivity index (χ1v) is 5.65. The number of carbonyl (C=O) groups excluding carboxylic acids is 2. The van der Waals surface area contributed by atoms with E-state index in [-0.39, 0.29) is 5.78 Å². The summed E-state index contributed by atoms with van der Waals surface area (Å²) in [5, 5.41) is 0. The van der Waals surface area contributed by atoms with Gasteiger partial charge in [0, 0.05) is 24.7 Å². The maximum atomic E-state index is 11.8. The van der Waals surface area contributed by atoms with Crippen molar-refractivity contribution < 1.29 is 14.3 Å². The van der Waals surface area contributed by atoms with Crippen LogP contribution in [0.3, 0.4) is 0 Å². The Bertz CT molecular complexity index is 469. The van der Waals surface area contributed by atoms with Crippen LogP contribution in [-0.4, -0.2) is 23.3 Å². The Hall–Kier alpha value is -1.71. The van der Waals surface area contributed by atoms with Crippen LogP contribution in [0, 0.1) is 12.3 Å². The molecule has 2 heterocycles. The van der Waals surface area contributed by atoms with Crippen LogP contribution in [0.1, 0.15) is 24.6 Å². The van der Waals surface area contributed by atoms with Crippen LogP contribution in [-0.2, 0) is 20.7 Å². The molecule has 4 nitrogen and oxygen atoms in total. The van der Waals surface area contributed by atoms with Gasteiger partial charge in [0.25, 0.3) is 0 Å². The van der Waals surface area contributed by atoms with Crippen molar-refractivity contribution in [2.45, 2.75) is 26.7 Å². The fourth-order valence-corrected chi connectivity index (χ4v) is 2.15. The highest BCUT2D eigenvalue weighted by atomic mass is 16.5. The molecule has 0 radical (unpaired) electrons. The lowest BCUT2D eigenvalue weighted by Gasteiger charge is -2.21. The Balaban J connectivity index is 2.35. The minimum absolute atomic E-state index is 0.134. The van der Waals surface area contributed by atoms with Gasteiger partial charge in [0.05, 0.1) is 6.61 Å². The van der Waals surface area contributed by atoms with Gasteiger partial charge in [-0.3, -0.25) is 14.6 Å². The summed E-state index contributed by atoms with van der Waals surface area (Å²) in [7, 11) is 0. The maximum Gasteiger partial charge on any atom is 0.320 e. The molecule has 1 aliphatic rings. The van der Waals surface area contributed by atoms with E-state index >= 15 is 0 Å². The second-order valence-electron chi connectivity index (χ2n) is 4.47. The van der Waals surface area contributed by atoms with Crippen LogP contribution >= 0.6 is 0 Å². The summed E-state index contributed by atoms with van der Waals surface area (Å²) < 4.78 is 4.95. The van der Waals surface area contributed by atoms with Gasteiger partial charge in [-0.05, 0) is 25.5 Å². The van der Waals surface area contributed by atoms with Crippen molar-refractivity contribution in [2.24, 2.45) is 5.41 Å². The third-order valence-corrected chi connectivity index (χ3v) is 3.41. The molecule has 1 aliphatic heterocycles. The highest BCUT2D eigenvalue weighted by Gasteiger charge is 2.49. The van der Waals surface area contributed by atoms with Crippen LogP contribution in [0.4, 0.5) is 0 Å². The summed E-state index contributed by atoms with van der Waals surface area (Å²) in [5.74, 6) is -0.542. The lowest BCUT2D eigenvalue weighted by Crippen LogP contribution is -2.36. The lowest BCUT2D eigenvalue weighted by molar-refractivity contribution is -0.150. The summed E-state index contributed by atoms with van der Waals surface area (Å²) in [5.41, 5.74) is 0.772. The van der Waals surface area contributed by atoms with Crippen LogP contribution in [0.25, 0.3) is 0 Å². The normalized spacial score (nSPS) is 23.5. The van der Waals surface area contributed by atoms with E-state index < -0.39 is 11.4 Å².